The smallest absolute Gasteiger partial charge is 0.0556 e. The van der Waals surface area contributed by atoms with Gasteiger partial charge in [-0.1, -0.05) is 17.7 Å². The first-order valence-electron chi connectivity index (χ1n) is 4.94. The molecule has 0 aliphatic heterocycles. The van der Waals surface area contributed by atoms with Crippen molar-refractivity contribution in [2.75, 3.05) is 13.2 Å². The first-order valence-corrected chi connectivity index (χ1v) is 5.31. The van der Waals surface area contributed by atoms with E-state index in [1.54, 1.807) is 0 Å². The predicted molar refractivity (Wildman–Crippen MR) is 57.6 cm³/mol. The number of nitrogens with one attached hydrogen (secondary N) is 1. The van der Waals surface area contributed by atoms with Crippen LogP contribution in [0.25, 0.3) is 0 Å². The highest BCUT2D eigenvalue weighted by Gasteiger charge is 2.21. The lowest BCUT2D eigenvalue weighted by molar-refractivity contribution is 0.284. The molecule has 0 saturated heterocycles. The van der Waals surface area contributed by atoms with Gasteiger partial charge in [0, 0.05) is 17.6 Å². The summed E-state index contributed by atoms with van der Waals surface area (Å²) in [7, 11) is 0. The Kier molecular flexibility index (Phi) is 3.06. The third kappa shape index (κ3) is 1.92. The molecule has 0 bridgehead atoms. The van der Waals surface area contributed by atoms with Gasteiger partial charge >= 0.3 is 0 Å². The average molecular weight is 212 g/mol. The highest BCUT2D eigenvalue weighted by Crippen LogP contribution is 2.32. The number of hydrogen-bond donors (Lipinski definition) is 2. The molecule has 2 nitrogen and oxygen atoms in total. The fraction of sp³-hybridized carbons (Fsp3) is 0.455. The number of aryl methyl sites for hydroxylation is 1. The summed E-state index contributed by atoms with van der Waals surface area (Å²) in [5, 5.41) is 12.9. The van der Waals surface area contributed by atoms with Crippen molar-refractivity contribution in [1.29, 1.82) is 0 Å². The number of halogens is 1. The summed E-state index contributed by atoms with van der Waals surface area (Å²) >= 11 is 5.92. The lowest BCUT2D eigenvalue weighted by atomic mass is 10.1. The fourth-order valence-electron chi connectivity index (χ4n) is 2.04. The second-order valence-corrected chi connectivity index (χ2v) is 4.05. The van der Waals surface area contributed by atoms with Gasteiger partial charge in [-0.25, -0.2) is 0 Å². The van der Waals surface area contributed by atoms with Gasteiger partial charge < -0.3 is 10.4 Å². The van der Waals surface area contributed by atoms with E-state index in [4.69, 9.17) is 16.7 Å². The van der Waals surface area contributed by atoms with Crippen molar-refractivity contribution in [3.8, 4) is 0 Å². The highest BCUT2D eigenvalue weighted by atomic mass is 35.5. The van der Waals surface area contributed by atoms with Crippen molar-refractivity contribution in [3.05, 3.63) is 34.3 Å². The molecule has 0 saturated carbocycles. The molecule has 0 spiro atoms. The van der Waals surface area contributed by atoms with Gasteiger partial charge in [-0.15, -0.1) is 0 Å². The van der Waals surface area contributed by atoms with Gasteiger partial charge in [0.05, 0.1) is 6.61 Å². The molecule has 0 unspecified atom stereocenters. The van der Waals surface area contributed by atoms with E-state index in [2.05, 4.69) is 11.4 Å². The molecular formula is C11H14ClNO. The summed E-state index contributed by atoms with van der Waals surface area (Å²) in [5.41, 5.74) is 2.68. The molecular weight excluding hydrogens is 198 g/mol. The van der Waals surface area contributed by atoms with Crippen molar-refractivity contribution in [2.45, 2.75) is 18.9 Å². The number of aliphatic hydroxyl groups is 1. The van der Waals surface area contributed by atoms with Crippen molar-refractivity contribution >= 4 is 11.6 Å². The Balaban J connectivity index is 2.14. The van der Waals surface area contributed by atoms with Gasteiger partial charge in [-0.3, -0.25) is 0 Å². The largest absolute Gasteiger partial charge is 0.395 e. The van der Waals surface area contributed by atoms with Gasteiger partial charge in [0.1, 0.15) is 0 Å². The summed E-state index contributed by atoms with van der Waals surface area (Å²) in [6, 6.07) is 6.45. The van der Waals surface area contributed by atoms with Crippen molar-refractivity contribution < 1.29 is 5.11 Å². The summed E-state index contributed by atoms with van der Waals surface area (Å²) in [4.78, 5) is 0. The van der Waals surface area contributed by atoms with Crippen LogP contribution in [0.15, 0.2) is 18.2 Å². The number of aliphatic hydroxyl groups excluding tert-OH is 1. The van der Waals surface area contributed by atoms with Crippen LogP contribution in [0.3, 0.4) is 0 Å². The van der Waals surface area contributed by atoms with Crippen LogP contribution in [0, 0.1) is 0 Å². The molecule has 1 aliphatic carbocycles. The SMILES string of the molecule is OCCN[C@@H]1CCc2cc(Cl)ccc21. The monoisotopic (exact) mass is 211 g/mol. The van der Waals surface area contributed by atoms with Crippen LogP contribution in [0.1, 0.15) is 23.6 Å². The Morgan fingerprint density at radius 3 is 3.14 bits per heavy atom. The van der Waals surface area contributed by atoms with Crippen LogP contribution in [-0.2, 0) is 6.42 Å². The maximum Gasteiger partial charge on any atom is 0.0556 e. The molecule has 2 N–H and O–H groups in total. The molecule has 1 atom stereocenters. The molecule has 0 amide bonds. The number of rotatable bonds is 3. The number of benzene rings is 1. The Morgan fingerprint density at radius 2 is 2.36 bits per heavy atom. The predicted octanol–water partition coefficient (Wildman–Crippen LogP) is 1.91. The number of fused-ring (bicyclic) bond motifs is 1. The third-order valence-corrected chi connectivity index (χ3v) is 2.92. The van der Waals surface area contributed by atoms with Crippen LogP contribution in [0.4, 0.5) is 0 Å². The molecule has 0 aromatic heterocycles. The van der Waals surface area contributed by atoms with Crippen molar-refractivity contribution in [3.63, 3.8) is 0 Å². The fourth-order valence-corrected chi connectivity index (χ4v) is 2.23. The van der Waals surface area contributed by atoms with Gasteiger partial charge in [0.25, 0.3) is 0 Å². The van der Waals surface area contributed by atoms with Crippen molar-refractivity contribution in [2.24, 2.45) is 0 Å². The Labute approximate surface area is 88.9 Å². The standard InChI is InChI=1S/C11H14ClNO/c12-9-2-3-10-8(7-9)1-4-11(10)13-5-6-14/h2-3,7,11,13-14H,1,4-6H2/t11-/m1/s1. The molecule has 76 valence electrons. The topological polar surface area (TPSA) is 32.3 Å². The van der Waals surface area contributed by atoms with Crippen LogP contribution in [0.2, 0.25) is 5.02 Å². The van der Waals surface area contributed by atoms with E-state index in [1.165, 1.54) is 11.1 Å². The molecule has 1 aromatic rings. The summed E-state index contributed by atoms with van der Waals surface area (Å²) < 4.78 is 0. The first-order chi connectivity index (χ1) is 6.81. The van der Waals surface area contributed by atoms with Gasteiger partial charge in [-0.05, 0) is 36.1 Å². The quantitative estimate of drug-likeness (QED) is 0.801. The molecule has 2 rings (SSSR count). The molecule has 0 radical (unpaired) electrons. The van der Waals surface area contributed by atoms with Crippen LogP contribution in [-0.4, -0.2) is 18.3 Å². The van der Waals surface area contributed by atoms with Crippen LogP contribution >= 0.6 is 11.6 Å². The second-order valence-electron chi connectivity index (χ2n) is 3.61. The molecule has 1 aliphatic rings. The van der Waals surface area contributed by atoms with E-state index in [1.807, 2.05) is 12.1 Å². The molecule has 1 aromatic carbocycles. The van der Waals surface area contributed by atoms with Gasteiger partial charge in [0.15, 0.2) is 0 Å². The molecule has 3 heteroatoms. The molecule has 0 heterocycles. The van der Waals surface area contributed by atoms with Crippen LogP contribution < -0.4 is 5.32 Å². The van der Waals surface area contributed by atoms with E-state index in [-0.39, 0.29) is 6.61 Å². The minimum Gasteiger partial charge on any atom is -0.395 e. The Morgan fingerprint density at radius 1 is 1.50 bits per heavy atom. The minimum atomic E-state index is 0.194. The van der Waals surface area contributed by atoms with E-state index in [0.29, 0.717) is 12.6 Å². The second kappa shape index (κ2) is 4.30. The lowest BCUT2D eigenvalue weighted by Crippen LogP contribution is -2.22. The van der Waals surface area contributed by atoms with E-state index in [9.17, 15) is 0 Å². The normalized spacial score (nSPS) is 19.7. The molecule has 0 fully saturated rings. The van der Waals surface area contributed by atoms with Gasteiger partial charge in [-0.2, -0.15) is 0 Å². The summed E-state index contributed by atoms with van der Waals surface area (Å²) in [6.45, 7) is 0.853. The summed E-state index contributed by atoms with van der Waals surface area (Å²) in [5.74, 6) is 0. The van der Waals surface area contributed by atoms with E-state index < -0.39 is 0 Å². The van der Waals surface area contributed by atoms with E-state index in [0.717, 1.165) is 17.9 Å². The molecule has 14 heavy (non-hydrogen) atoms. The maximum atomic E-state index is 8.74. The first kappa shape index (κ1) is 9.97. The zero-order valence-corrected chi connectivity index (χ0v) is 8.72. The van der Waals surface area contributed by atoms with E-state index >= 15 is 0 Å². The Bertz CT molecular complexity index is 327. The zero-order valence-electron chi connectivity index (χ0n) is 7.96. The number of hydrogen-bond acceptors (Lipinski definition) is 2. The minimum absolute atomic E-state index is 0.194. The van der Waals surface area contributed by atoms with Gasteiger partial charge in [0.2, 0.25) is 0 Å². The maximum absolute atomic E-state index is 8.74. The third-order valence-electron chi connectivity index (χ3n) is 2.69. The highest BCUT2D eigenvalue weighted by molar-refractivity contribution is 6.30. The van der Waals surface area contributed by atoms with Crippen molar-refractivity contribution in [1.82, 2.24) is 5.32 Å². The van der Waals surface area contributed by atoms with Crippen LogP contribution in [0.5, 0.6) is 0 Å². The zero-order chi connectivity index (χ0) is 9.97. The Hall–Kier alpha value is -0.570. The summed E-state index contributed by atoms with van der Waals surface area (Å²) in [6.07, 6.45) is 2.19. The lowest BCUT2D eigenvalue weighted by Gasteiger charge is -2.12. The average Bonchev–Trinajstić information content (AvgIpc) is 2.57.